The highest BCUT2D eigenvalue weighted by Gasteiger charge is 2.07. The van der Waals surface area contributed by atoms with Crippen molar-refractivity contribution in [2.45, 2.75) is 13.8 Å². The SMILES string of the molecule is CC(C)COc1cc(N)n(-c2ccccc2)n1. The molecule has 90 valence electrons. The summed E-state index contributed by atoms with van der Waals surface area (Å²) in [4.78, 5) is 0. The number of para-hydroxylation sites is 1. The number of nitrogens with two attached hydrogens (primary N) is 1. The van der Waals surface area contributed by atoms with E-state index in [9.17, 15) is 0 Å². The first kappa shape index (κ1) is 11.5. The predicted molar refractivity (Wildman–Crippen MR) is 68.3 cm³/mol. The third-order valence-corrected chi connectivity index (χ3v) is 2.28. The Morgan fingerprint density at radius 1 is 1.29 bits per heavy atom. The number of nitrogen functional groups attached to an aromatic ring is 1. The number of benzene rings is 1. The molecule has 1 heterocycles. The Morgan fingerprint density at radius 3 is 2.65 bits per heavy atom. The molecule has 0 amide bonds. The number of anilines is 1. The lowest BCUT2D eigenvalue weighted by atomic mass is 10.2. The monoisotopic (exact) mass is 231 g/mol. The summed E-state index contributed by atoms with van der Waals surface area (Å²) >= 11 is 0. The van der Waals surface area contributed by atoms with Gasteiger partial charge in [-0.3, -0.25) is 0 Å². The fraction of sp³-hybridized carbons (Fsp3) is 0.308. The third kappa shape index (κ3) is 2.78. The van der Waals surface area contributed by atoms with Gasteiger partial charge < -0.3 is 10.5 Å². The van der Waals surface area contributed by atoms with Gasteiger partial charge in [-0.2, -0.15) is 0 Å². The Balaban J connectivity index is 2.20. The molecule has 0 radical (unpaired) electrons. The summed E-state index contributed by atoms with van der Waals surface area (Å²) in [6.07, 6.45) is 0. The summed E-state index contributed by atoms with van der Waals surface area (Å²) in [5.41, 5.74) is 6.83. The lowest BCUT2D eigenvalue weighted by Crippen LogP contribution is -2.05. The van der Waals surface area contributed by atoms with E-state index in [1.54, 1.807) is 10.7 Å². The minimum atomic E-state index is 0.470. The van der Waals surface area contributed by atoms with Crippen LogP contribution in [0.5, 0.6) is 5.88 Å². The molecule has 0 spiro atoms. The molecule has 0 aliphatic heterocycles. The van der Waals surface area contributed by atoms with Crippen LogP contribution < -0.4 is 10.5 Å². The molecule has 1 aromatic carbocycles. The molecule has 0 aliphatic rings. The zero-order valence-electron chi connectivity index (χ0n) is 10.1. The summed E-state index contributed by atoms with van der Waals surface area (Å²) in [7, 11) is 0. The van der Waals surface area contributed by atoms with Crippen molar-refractivity contribution in [3.8, 4) is 11.6 Å². The van der Waals surface area contributed by atoms with Crippen LogP contribution in [0.15, 0.2) is 36.4 Å². The van der Waals surface area contributed by atoms with Crippen LogP contribution in [-0.2, 0) is 0 Å². The van der Waals surface area contributed by atoms with Gasteiger partial charge in [0.15, 0.2) is 0 Å². The summed E-state index contributed by atoms with van der Waals surface area (Å²) in [6.45, 7) is 4.83. The van der Waals surface area contributed by atoms with E-state index in [2.05, 4.69) is 18.9 Å². The van der Waals surface area contributed by atoms with E-state index in [-0.39, 0.29) is 0 Å². The van der Waals surface area contributed by atoms with Gasteiger partial charge in [0.25, 0.3) is 0 Å². The molecule has 4 heteroatoms. The molecular weight excluding hydrogens is 214 g/mol. The van der Waals surface area contributed by atoms with Crippen LogP contribution in [-0.4, -0.2) is 16.4 Å². The molecule has 2 N–H and O–H groups in total. The first-order chi connectivity index (χ1) is 8.16. The summed E-state index contributed by atoms with van der Waals surface area (Å²) in [5.74, 6) is 1.62. The lowest BCUT2D eigenvalue weighted by molar-refractivity contribution is 0.260. The number of ether oxygens (including phenoxy) is 1. The molecule has 0 unspecified atom stereocenters. The standard InChI is InChI=1S/C13H17N3O/c1-10(2)9-17-13-8-12(14)16(15-13)11-6-4-3-5-7-11/h3-8,10H,9,14H2,1-2H3. The lowest BCUT2D eigenvalue weighted by Gasteiger charge is -2.05. The second-order valence-electron chi connectivity index (χ2n) is 4.36. The zero-order chi connectivity index (χ0) is 12.3. The fourth-order valence-electron chi connectivity index (χ4n) is 1.47. The first-order valence-electron chi connectivity index (χ1n) is 5.70. The second kappa shape index (κ2) is 4.91. The maximum atomic E-state index is 5.90. The van der Waals surface area contributed by atoms with E-state index in [0.717, 1.165) is 5.69 Å². The number of rotatable bonds is 4. The van der Waals surface area contributed by atoms with Crippen molar-refractivity contribution in [3.05, 3.63) is 36.4 Å². The summed E-state index contributed by atoms with van der Waals surface area (Å²) in [6, 6.07) is 11.5. The third-order valence-electron chi connectivity index (χ3n) is 2.28. The smallest absolute Gasteiger partial charge is 0.235 e. The van der Waals surface area contributed by atoms with Crippen molar-refractivity contribution in [2.24, 2.45) is 5.92 Å². The van der Waals surface area contributed by atoms with E-state index < -0.39 is 0 Å². The van der Waals surface area contributed by atoms with Crippen molar-refractivity contribution in [1.29, 1.82) is 0 Å². The van der Waals surface area contributed by atoms with Gasteiger partial charge >= 0.3 is 0 Å². The predicted octanol–water partition coefficient (Wildman–Crippen LogP) is 2.49. The molecule has 0 bridgehead atoms. The molecule has 17 heavy (non-hydrogen) atoms. The number of aromatic nitrogens is 2. The van der Waals surface area contributed by atoms with Gasteiger partial charge in [-0.1, -0.05) is 32.0 Å². The van der Waals surface area contributed by atoms with Gasteiger partial charge in [0.05, 0.1) is 12.3 Å². The van der Waals surface area contributed by atoms with Crippen LogP contribution in [0.2, 0.25) is 0 Å². The van der Waals surface area contributed by atoms with E-state index >= 15 is 0 Å². The molecular formula is C13H17N3O. The number of hydrogen-bond acceptors (Lipinski definition) is 3. The summed E-state index contributed by atoms with van der Waals surface area (Å²) < 4.78 is 7.21. The summed E-state index contributed by atoms with van der Waals surface area (Å²) in [5, 5.41) is 4.32. The van der Waals surface area contributed by atoms with Crippen LogP contribution >= 0.6 is 0 Å². The number of nitrogens with zero attached hydrogens (tertiary/aromatic N) is 2. The quantitative estimate of drug-likeness (QED) is 0.879. The van der Waals surface area contributed by atoms with Crippen LogP contribution in [0, 0.1) is 5.92 Å². The second-order valence-corrected chi connectivity index (χ2v) is 4.36. The maximum absolute atomic E-state index is 5.90. The van der Waals surface area contributed by atoms with Crippen LogP contribution in [0.4, 0.5) is 5.82 Å². The van der Waals surface area contributed by atoms with Gasteiger partial charge in [-0.05, 0) is 18.1 Å². The van der Waals surface area contributed by atoms with Crippen molar-refractivity contribution in [3.63, 3.8) is 0 Å². The molecule has 0 saturated heterocycles. The van der Waals surface area contributed by atoms with Gasteiger partial charge in [-0.15, -0.1) is 5.10 Å². The minimum absolute atomic E-state index is 0.470. The fourth-order valence-corrected chi connectivity index (χ4v) is 1.47. The molecule has 0 saturated carbocycles. The highest BCUT2D eigenvalue weighted by Crippen LogP contribution is 2.19. The largest absolute Gasteiger partial charge is 0.476 e. The van der Waals surface area contributed by atoms with Gasteiger partial charge in [0.1, 0.15) is 5.82 Å². The van der Waals surface area contributed by atoms with Crippen LogP contribution in [0.1, 0.15) is 13.8 Å². The van der Waals surface area contributed by atoms with Crippen molar-refractivity contribution < 1.29 is 4.74 Å². The Hall–Kier alpha value is -1.97. The highest BCUT2D eigenvalue weighted by molar-refractivity contribution is 5.44. The van der Waals surface area contributed by atoms with E-state index in [0.29, 0.717) is 24.2 Å². The Bertz CT molecular complexity index is 477. The van der Waals surface area contributed by atoms with Crippen molar-refractivity contribution >= 4 is 5.82 Å². The molecule has 0 atom stereocenters. The van der Waals surface area contributed by atoms with E-state index in [1.807, 2.05) is 30.3 Å². The van der Waals surface area contributed by atoms with Gasteiger partial charge in [0, 0.05) is 6.07 Å². The van der Waals surface area contributed by atoms with Crippen LogP contribution in [0.3, 0.4) is 0 Å². The maximum Gasteiger partial charge on any atom is 0.235 e. The van der Waals surface area contributed by atoms with Crippen molar-refractivity contribution in [1.82, 2.24) is 9.78 Å². The molecule has 2 rings (SSSR count). The molecule has 4 nitrogen and oxygen atoms in total. The Morgan fingerprint density at radius 2 is 2.00 bits per heavy atom. The Labute approximate surface area is 101 Å². The minimum Gasteiger partial charge on any atom is -0.476 e. The molecule has 0 fully saturated rings. The van der Waals surface area contributed by atoms with Crippen molar-refractivity contribution in [2.75, 3.05) is 12.3 Å². The number of hydrogen-bond donors (Lipinski definition) is 1. The molecule has 0 aliphatic carbocycles. The molecule has 2 aromatic rings. The Kier molecular flexibility index (Phi) is 3.32. The van der Waals surface area contributed by atoms with Gasteiger partial charge in [-0.25, -0.2) is 4.68 Å². The molecule has 1 aromatic heterocycles. The zero-order valence-corrected chi connectivity index (χ0v) is 10.1. The van der Waals surface area contributed by atoms with E-state index in [4.69, 9.17) is 10.5 Å². The van der Waals surface area contributed by atoms with Gasteiger partial charge in [0.2, 0.25) is 5.88 Å². The average Bonchev–Trinajstić information content (AvgIpc) is 2.69. The first-order valence-corrected chi connectivity index (χ1v) is 5.70. The normalized spacial score (nSPS) is 10.8. The topological polar surface area (TPSA) is 53.1 Å². The average molecular weight is 231 g/mol. The van der Waals surface area contributed by atoms with E-state index in [1.165, 1.54) is 0 Å². The highest BCUT2D eigenvalue weighted by atomic mass is 16.5. The van der Waals surface area contributed by atoms with Crippen LogP contribution in [0.25, 0.3) is 5.69 Å².